The van der Waals surface area contributed by atoms with Crippen molar-refractivity contribution in [2.75, 3.05) is 26.2 Å². The van der Waals surface area contributed by atoms with E-state index < -0.39 is 0 Å². The molecule has 25 heavy (non-hydrogen) atoms. The Morgan fingerprint density at radius 2 is 1.28 bits per heavy atom. The molecule has 0 heterocycles. The van der Waals surface area contributed by atoms with E-state index >= 15 is 0 Å². The quantitative estimate of drug-likeness (QED) is 0.317. The first-order chi connectivity index (χ1) is 12.3. The monoisotopic (exact) mass is 347 g/mol. The summed E-state index contributed by atoms with van der Waals surface area (Å²) in [5, 5.41) is 0. The Morgan fingerprint density at radius 1 is 0.680 bits per heavy atom. The molecule has 0 bridgehead atoms. The lowest BCUT2D eigenvalue weighted by Crippen LogP contribution is -2.30. The molecular formula is C23H41NO. The predicted octanol–water partition coefficient (Wildman–Crippen LogP) is 6.48. The Labute approximate surface area is 157 Å². The third-order valence-corrected chi connectivity index (χ3v) is 4.75. The number of hydrogen-bond acceptors (Lipinski definition) is 2. The Morgan fingerprint density at radius 3 is 1.88 bits per heavy atom. The van der Waals surface area contributed by atoms with Gasteiger partial charge >= 0.3 is 0 Å². The van der Waals surface area contributed by atoms with Gasteiger partial charge in [-0.1, -0.05) is 71.4 Å². The largest absolute Gasteiger partial charge is 0.492 e. The van der Waals surface area contributed by atoms with Crippen LogP contribution in [0.15, 0.2) is 24.3 Å². The van der Waals surface area contributed by atoms with Crippen LogP contribution < -0.4 is 4.74 Å². The highest BCUT2D eigenvalue weighted by Crippen LogP contribution is 2.15. The smallest absolute Gasteiger partial charge is 0.119 e. The molecule has 0 aliphatic carbocycles. The number of benzene rings is 1. The first kappa shape index (κ1) is 22.0. The SMILES string of the molecule is CCCCCCCCCc1ccc(OCCN(CCC)CCC)cc1. The summed E-state index contributed by atoms with van der Waals surface area (Å²) in [5.74, 6) is 1.01. The fourth-order valence-corrected chi connectivity index (χ4v) is 3.30. The van der Waals surface area contributed by atoms with Gasteiger partial charge in [0.05, 0.1) is 0 Å². The van der Waals surface area contributed by atoms with E-state index in [-0.39, 0.29) is 0 Å². The van der Waals surface area contributed by atoms with Gasteiger partial charge < -0.3 is 4.74 Å². The van der Waals surface area contributed by atoms with Crippen molar-refractivity contribution >= 4 is 0 Å². The molecule has 1 aromatic carbocycles. The zero-order valence-corrected chi connectivity index (χ0v) is 17.1. The zero-order valence-electron chi connectivity index (χ0n) is 17.1. The minimum atomic E-state index is 0.789. The maximum atomic E-state index is 5.92. The summed E-state index contributed by atoms with van der Waals surface area (Å²) in [6, 6.07) is 8.76. The Bertz CT molecular complexity index is 395. The van der Waals surface area contributed by atoms with Gasteiger partial charge in [-0.25, -0.2) is 0 Å². The molecule has 1 rings (SSSR count). The van der Waals surface area contributed by atoms with E-state index in [0.717, 1.165) is 18.9 Å². The van der Waals surface area contributed by atoms with Gasteiger partial charge in [-0.2, -0.15) is 0 Å². The molecule has 0 N–H and O–H groups in total. The number of aryl methyl sites for hydroxylation is 1. The molecule has 0 spiro atoms. The third kappa shape index (κ3) is 11.3. The fourth-order valence-electron chi connectivity index (χ4n) is 3.30. The van der Waals surface area contributed by atoms with E-state index in [9.17, 15) is 0 Å². The lowest BCUT2D eigenvalue weighted by molar-refractivity contribution is 0.209. The Balaban J connectivity index is 2.16. The fraction of sp³-hybridized carbons (Fsp3) is 0.739. The second-order valence-electron chi connectivity index (χ2n) is 7.21. The first-order valence-electron chi connectivity index (χ1n) is 10.7. The molecule has 0 fully saturated rings. The molecule has 0 radical (unpaired) electrons. The number of unbranched alkanes of at least 4 members (excludes halogenated alkanes) is 6. The van der Waals surface area contributed by atoms with Crippen LogP contribution in [0.1, 0.15) is 84.1 Å². The van der Waals surface area contributed by atoms with Crippen LogP contribution >= 0.6 is 0 Å². The topological polar surface area (TPSA) is 12.5 Å². The minimum absolute atomic E-state index is 0.789. The van der Waals surface area contributed by atoms with E-state index in [4.69, 9.17) is 4.74 Å². The standard InChI is InChI=1S/C23H41NO/c1-4-7-8-9-10-11-12-13-22-14-16-23(17-15-22)25-21-20-24(18-5-2)19-6-3/h14-17H,4-13,18-21H2,1-3H3. The highest BCUT2D eigenvalue weighted by molar-refractivity contribution is 5.27. The summed E-state index contributed by atoms with van der Waals surface area (Å²) < 4.78 is 5.92. The van der Waals surface area contributed by atoms with Gasteiger partial charge in [0, 0.05) is 6.54 Å². The van der Waals surface area contributed by atoms with Gasteiger partial charge in [-0.15, -0.1) is 0 Å². The summed E-state index contributed by atoms with van der Waals surface area (Å²) in [5.41, 5.74) is 1.44. The molecule has 2 nitrogen and oxygen atoms in total. The molecular weight excluding hydrogens is 306 g/mol. The van der Waals surface area contributed by atoms with Crippen LogP contribution in [0.25, 0.3) is 0 Å². The van der Waals surface area contributed by atoms with Crippen molar-refractivity contribution in [1.82, 2.24) is 4.90 Å². The average Bonchev–Trinajstić information content (AvgIpc) is 2.62. The van der Waals surface area contributed by atoms with Crippen LogP contribution in [0.3, 0.4) is 0 Å². The highest BCUT2D eigenvalue weighted by atomic mass is 16.5. The summed E-state index contributed by atoms with van der Waals surface area (Å²) in [6.07, 6.45) is 13.3. The summed E-state index contributed by atoms with van der Waals surface area (Å²) in [7, 11) is 0. The maximum Gasteiger partial charge on any atom is 0.119 e. The van der Waals surface area contributed by atoms with Gasteiger partial charge in [0.2, 0.25) is 0 Å². The number of hydrogen-bond donors (Lipinski definition) is 0. The minimum Gasteiger partial charge on any atom is -0.492 e. The van der Waals surface area contributed by atoms with Crippen LogP contribution in [0.2, 0.25) is 0 Å². The van der Waals surface area contributed by atoms with E-state index in [2.05, 4.69) is 49.9 Å². The van der Waals surface area contributed by atoms with Gasteiger partial charge in [0.15, 0.2) is 0 Å². The number of nitrogens with zero attached hydrogens (tertiary/aromatic N) is 1. The molecule has 0 aromatic heterocycles. The molecule has 0 saturated heterocycles. The van der Waals surface area contributed by atoms with Crippen molar-refractivity contribution in [3.05, 3.63) is 29.8 Å². The van der Waals surface area contributed by atoms with Crippen molar-refractivity contribution in [1.29, 1.82) is 0 Å². The van der Waals surface area contributed by atoms with Crippen molar-refractivity contribution in [3.8, 4) is 5.75 Å². The average molecular weight is 348 g/mol. The lowest BCUT2D eigenvalue weighted by Gasteiger charge is -2.20. The van der Waals surface area contributed by atoms with E-state index in [1.807, 2.05) is 0 Å². The second kappa shape index (κ2) is 15.3. The molecule has 0 unspecified atom stereocenters. The van der Waals surface area contributed by atoms with Gasteiger partial charge in [-0.05, 0) is 56.5 Å². The van der Waals surface area contributed by atoms with Crippen molar-refractivity contribution in [2.45, 2.75) is 85.0 Å². The molecule has 2 heteroatoms. The lowest BCUT2D eigenvalue weighted by atomic mass is 10.0. The molecule has 0 aliphatic rings. The first-order valence-corrected chi connectivity index (χ1v) is 10.7. The van der Waals surface area contributed by atoms with Crippen LogP contribution in [0.4, 0.5) is 0 Å². The summed E-state index contributed by atoms with van der Waals surface area (Å²) >= 11 is 0. The Hall–Kier alpha value is -1.02. The molecule has 0 atom stereocenters. The second-order valence-corrected chi connectivity index (χ2v) is 7.21. The van der Waals surface area contributed by atoms with E-state index in [1.54, 1.807) is 0 Å². The van der Waals surface area contributed by atoms with Crippen LogP contribution in [-0.4, -0.2) is 31.1 Å². The number of ether oxygens (including phenoxy) is 1. The molecule has 0 aliphatic heterocycles. The molecule has 144 valence electrons. The van der Waals surface area contributed by atoms with Crippen LogP contribution in [0.5, 0.6) is 5.75 Å². The highest BCUT2D eigenvalue weighted by Gasteiger charge is 2.03. The van der Waals surface area contributed by atoms with Gasteiger partial charge in [-0.3, -0.25) is 4.90 Å². The normalized spacial score (nSPS) is 11.2. The van der Waals surface area contributed by atoms with Crippen molar-refractivity contribution in [2.24, 2.45) is 0 Å². The van der Waals surface area contributed by atoms with E-state index in [0.29, 0.717) is 0 Å². The van der Waals surface area contributed by atoms with Crippen molar-refractivity contribution in [3.63, 3.8) is 0 Å². The van der Waals surface area contributed by atoms with Crippen LogP contribution in [0, 0.1) is 0 Å². The summed E-state index contributed by atoms with van der Waals surface area (Å²) in [6.45, 7) is 10.9. The van der Waals surface area contributed by atoms with Gasteiger partial charge in [0.25, 0.3) is 0 Å². The molecule has 0 amide bonds. The van der Waals surface area contributed by atoms with Crippen molar-refractivity contribution < 1.29 is 4.74 Å². The molecule has 0 saturated carbocycles. The Kier molecular flexibility index (Phi) is 13.4. The maximum absolute atomic E-state index is 5.92. The molecule has 1 aromatic rings. The number of rotatable bonds is 16. The predicted molar refractivity (Wildman–Crippen MR) is 111 cm³/mol. The summed E-state index contributed by atoms with van der Waals surface area (Å²) in [4.78, 5) is 2.49. The van der Waals surface area contributed by atoms with Crippen LogP contribution in [-0.2, 0) is 6.42 Å². The van der Waals surface area contributed by atoms with E-state index in [1.165, 1.54) is 82.9 Å². The zero-order chi connectivity index (χ0) is 18.2. The van der Waals surface area contributed by atoms with Gasteiger partial charge in [0.1, 0.15) is 12.4 Å². The third-order valence-electron chi connectivity index (χ3n) is 4.75.